The van der Waals surface area contributed by atoms with Crippen molar-refractivity contribution in [1.29, 1.82) is 0 Å². The second kappa shape index (κ2) is 7.34. The predicted molar refractivity (Wildman–Crippen MR) is 82.8 cm³/mol. The molecule has 0 saturated carbocycles. The summed E-state index contributed by atoms with van der Waals surface area (Å²) in [4.78, 5) is 8.55. The van der Waals surface area contributed by atoms with Crippen molar-refractivity contribution in [3.8, 4) is 0 Å². The lowest BCUT2D eigenvalue weighted by molar-refractivity contribution is 0.907. The van der Waals surface area contributed by atoms with E-state index in [1.807, 2.05) is 13.1 Å². The van der Waals surface area contributed by atoms with Crippen LogP contribution in [0.4, 0.5) is 5.00 Å². The Bertz CT molecular complexity index is 461. The van der Waals surface area contributed by atoms with Gasteiger partial charge in [-0.25, -0.2) is 4.98 Å². The fraction of sp³-hybridized carbons (Fsp3) is 0.385. The maximum atomic E-state index is 6.05. The average molecular weight is 284 g/mol. The standard InChI is InChI=1S/C13H18ClN3S/c1-5-10(8-15-7-9(3)4)12-17-11(14)13(18-12)16-6-2/h5,7-9,16H,1,6H2,2-4H3/b10-8+,15-7?. The van der Waals surface area contributed by atoms with E-state index >= 15 is 0 Å². The van der Waals surface area contributed by atoms with Crippen molar-refractivity contribution in [2.45, 2.75) is 20.8 Å². The SMILES string of the molecule is C=C/C(=C\N=CC(C)C)c1nc(Cl)c(NCC)s1. The van der Waals surface area contributed by atoms with Crippen molar-refractivity contribution < 1.29 is 0 Å². The van der Waals surface area contributed by atoms with Gasteiger partial charge in [-0.2, -0.15) is 0 Å². The van der Waals surface area contributed by atoms with E-state index in [9.17, 15) is 0 Å². The molecule has 0 aliphatic rings. The Kier molecular flexibility index (Phi) is 6.09. The molecule has 1 heterocycles. The lowest BCUT2D eigenvalue weighted by Gasteiger charge is -1.96. The highest BCUT2D eigenvalue weighted by molar-refractivity contribution is 7.17. The Balaban J connectivity index is 2.95. The molecular formula is C13H18ClN3S. The lowest BCUT2D eigenvalue weighted by atomic mass is 10.2. The molecule has 18 heavy (non-hydrogen) atoms. The molecule has 98 valence electrons. The van der Waals surface area contributed by atoms with E-state index in [0.29, 0.717) is 11.1 Å². The zero-order chi connectivity index (χ0) is 13.5. The third kappa shape index (κ3) is 4.27. The van der Waals surface area contributed by atoms with Crippen molar-refractivity contribution in [3.05, 3.63) is 29.0 Å². The second-order valence-electron chi connectivity index (χ2n) is 4.00. The summed E-state index contributed by atoms with van der Waals surface area (Å²) in [5, 5.41) is 5.38. The van der Waals surface area contributed by atoms with E-state index in [4.69, 9.17) is 11.6 Å². The summed E-state index contributed by atoms with van der Waals surface area (Å²) >= 11 is 7.55. The van der Waals surface area contributed by atoms with Gasteiger partial charge in [-0.15, -0.1) is 0 Å². The Morgan fingerprint density at radius 2 is 2.33 bits per heavy atom. The predicted octanol–water partition coefficient (Wildman–Crippen LogP) is 4.48. The largest absolute Gasteiger partial charge is 0.375 e. The van der Waals surface area contributed by atoms with Gasteiger partial charge in [0.15, 0.2) is 5.15 Å². The highest BCUT2D eigenvalue weighted by Gasteiger charge is 2.10. The highest BCUT2D eigenvalue weighted by Crippen LogP contribution is 2.32. The van der Waals surface area contributed by atoms with Crippen LogP contribution in [0.5, 0.6) is 0 Å². The van der Waals surface area contributed by atoms with Crippen LogP contribution in [-0.2, 0) is 0 Å². The number of hydrogen-bond donors (Lipinski definition) is 1. The van der Waals surface area contributed by atoms with E-state index in [1.54, 1.807) is 12.3 Å². The number of nitrogens with one attached hydrogen (secondary N) is 1. The number of hydrogen-bond acceptors (Lipinski definition) is 4. The molecule has 1 aromatic heterocycles. The Labute approximate surface area is 117 Å². The lowest BCUT2D eigenvalue weighted by Crippen LogP contribution is -1.93. The molecule has 0 spiro atoms. The van der Waals surface area contributed by atoms with E-state index in [1.165, 1.54) is 11.3 Å². The first-order valence-corrected chi connectivity index (χ1v) is 7.04. The summed E-state index contributed by atoms with van der Waals surface area (Å²) in [7, 11) is 0. The topological polar surface area (TPSA) is 37.3 Å². The second-order valence-corrected chi connectivity index (χ2v) is 5.36. The Hall–Kier alpha value is -1.13. The zero-order valence-electron chi connectivity index (χ0n) is 10.9. The zero-order valence-corrected chi connectivity index (χ0v) is 12.5. The van der Waals surface area contributed by atoms with Crippen molar-refractivity contribution in [3.63, 3.8) is 0 Å². The summed E-state index contributed by atoms with van der Waals surface area (Å²) in [6.45, 7) is 10.8. The van der Waals surface area contributed by atoms with Gasteiger partial charge in [-0.05, 0) is 12.8 Å². The fourth-order valence-electron chi connectivity index (χ4n) is 1.19. The van der Waals surface area contributed by atoms with Crippen LogP contribution in [0.3, 0.4) is 0 Å². The highest BCUT2D eigenvalue weighted by atomic mass is 35.5. The van der Waals surface area contributed by atoms with Gasteiger partial charge in [0.05, 0.1) is 0 Å². The van der Waals surface area contributed by atoms with Gasteiger partial charge in [0.1, 0.15) is 10.0 Å². The molecule has 0 bridgehead atoms. The molecule has 3 nitrogen and oxygen atoms in total. The van der Waals surface area contributed by atoms with Gasteiger partial charge in [-0.1, -0.05) is 49.4 Å². The Morgan fingerprint density at radius 3 is 2.89 bits per heavy atom. The maximum absolute atomic E-state index is 6.05. The summed E-state index contributed by atoms with van der Waals surface area (Å²) in [6, 6.07) is 0. The number of allylic oxidation sites excluding steroid dienone is 2. The first-order valence-electron chi connectivity index (χ1n) is 5.85. The number of aliphatic imine (C=N–C) groups is 1. The molecule has 0 saturated heterocycles. The maximum Gasteiger partial charge on any atom is 0.164 e. The minimum absolute atomic E-state index is 0.421. The van der Waals surface area contributed by atoms with Crippen LogP contribution in [0.25, 0.3) is 5.57 Å². The molecule has 0 radical (unpaired) electrons. The van der Waals surface area contributed by atoms with Crippen molar-refractivity contribution in [2.24, 2.45) is 10.9 Å². The van der Waals surface area contributed by atoms with Gasteiger partial charge >= 0.3 is 0 Å². The first-order chi connectivity index (χ1) is 8.58. The van der Waals surface area contributed by atoms with E-state index in [2.05, 4.69) is 35.7 Å². The number of aromatic nitrogens is 1. The average Bonchev–Trinajstić information content (AvgIpc) is 2.66. The van der Waals surface area contributed by atoms with E-state index in [-0.39, 0.29) is 0 Å². The van der Waals surface area contributed by atoms with Gasteiger partial charge in [0, 0.05) is 24.5 Å². The Morgan fingerprint density at radius 1 is 1.61 bits per heavy atom. The van der Waals surface area contributed by atoms with Crippen LogP contribution in [-0.4, -0.2) is 17.7 Å². The molecule has 0 aliphatic heterocycles. The van der Waals surface area contributed by atoms with Crippen LogP contribution < -0.4 is 5.32 Å². The summed E-state index contributed by atoms with van der Waals surface area (Å²) in [6.07, 6.45) is 5.38. The van der Waals surface area contributed by atoms with Crippen molar-refractivity contribution >= 4 is 39.7 Å². The van der Waals surface area contributed by atoms with Gasteiger partial charge in [0.2, 0.25) is 0 Å². The first kappa shape index (κ1) is 14.9. The minimum atomic E-state index is 0.421. The molecule has 1 N–H and O–H groups in total. The molecular weight excluding hydrogens is 266 g/mol. The van der Waals surface area contributed by atoms with Crippen LogP contribution in [0.15, 0.2) is 23.8 Å². The molecule has 0 atom stereocenters. The molecule has 1 aromatic rings. The molecule has 0 fully saturated rings. The quantitative estimate of drug-likeness (QED) is 0.617. The molecule has 0 amide bonds. The normalized spacial score (nSPS) is 12.4. The van der Waals surface area contributed by atoms with Crippen molar-refractivity contribution in [2.75, 3.05) is 11.9 Å². The monoisotopic (exact) mass is 283 g/mol. The van der Waals surface area contributed by atoms with E-state index < -0.39 is 0 Å². The van der Waals surface area contributed by atoms with Crippen molar-refractivity contribution in [1.82, 2.24) is 4.98 Å². The molecule has 0 aromatic carbocycles. The van der Waals surface area contributed by atoms with Gasteiger partial charge < -0.3 is 5.32 Å². The van der Waals surface area contributed by atoms with Crippen LogP contribution in [0, 0.1) is 5.92 Å². The van der Waals surface area contributed by atoms with Gasteiger partial charge in [-0.3, -0.25) is 4.99 Å². The summed E-state index contributed by atoms with van der Waals surface area (Å²) < 4.78 is 0. The third-order valence-corrected chi connectivity index (χ3v) is 3.44. The number of anilines is 1. The smallest absolute Gasteiger partial charge is 0.164 e. The molecule has 5 heteroatoms. The number of rotatable bonds is 6. The third-order valence-electron chi connectivity index (χ3n) is 1.99. The fourth-order valence-corrected chi connectivity index (χ4v) is 2.43. The van der Waals surface area contributed by atoms with Gasteiger partial charge in [0.25, 0.3) is 0 Å². The molecule has 1 rings (SSSR count). The van der Waals surface area contributed by atoms with E-state index in [0.717, 1.165) is 22.1 Å². The molecule has 0 aliphatic carbocycles. The number of nitrogens with zero attached hydrogens (tertiary/aromatic N) is 2. The minimum Gasteiger partial charge on any atom is -0.375 e. The van der Waals surface area contributed by atoms with Crippen LogP contribution in [0.1, 0.15) is 25.8 Å². The number of halogens is 1. The summed E-state index contributed by atoms with van der Waals surface area (Å²) in [5.74, 6) is 0.421. The summed E-state index contributed by atoms with van der Waals surface area (Å²) in [5.41, 5.74) is 0.878. The van der Waals surface area contributed by atoms with Crippen LogP contribution >= 0.6 is 22.9 Å². The number of thiazole rings is 1. The van der Waals surface area contributed by atoms with Crippen LogP contribution in [0.2, 0.25) is 5.15 Å². The molecule has 0 unspecified atom stereocenters.